The van der Waals surface area contributed by atoms with Gasteiger partial charge in [0.2, 0.25) is 0 Å². The van der Waals surface area contributed by atoms with Crippen molar-refractivity contribution in [2.45, 2.75) is 51.0 Å². The first kappa shape index (κ1) is 8.28. The maximum absolute atomic E-state index is 2.79. The molecule has 3 aliphatic rings. The lowest BCUT2D eigenvalue weighted by Gasteiger charge is -2.20. The van der Waals surface area contributed by atoms with E-state index in [2.05, 4.69) is 4.90 Å². The lowest BCUT2D eigenvalue weighted by atomic mass is 9.85. The van der Waals surface area contributed by atoms with Crippen molar-refractivity contribution in [3.05, 3.63) is 0 Å². The second kappa shape index (κ2) is 3.27. The van der Waals surface area contributed by atoms with E-state index in [0.29, 0.717) is 0 Å². The average molecular weight is 179 g/mol. The van der Waals surface area contributed by atoms with Crippen molar-refractivity contribution in [1.82, 2.24) is 4.90 Å². The highest BCUT2D eigenvalue weighted by atomic mass is 15.2. The highest BCUT2D eigenvalue weighted by Gasteiger charge is 2.43. The molecule has 0 aromatic carbocycles. The van der Waals surface area contributed by atoms with Crippen LogP contribution in [0, 0.1) is 11.8 Å². The van der Waals surface area contributed by atoms with Gasteiger partial charge in [-0.25, -0.2) is 0 Å². The topological polar surface area (TPSA) is 3.24 Å². The fraction of sp³-hybridized carbons (Fsp3) is 1.00. The van der Waals surface area contributed by atoms with Gasteiger partial charge in [0.25, 0.3) is 0 Å². The Bertz CT molecular complexity index is 190. The number of rotatable bonds is 0. The zero-order valence-corrected chi connectivity index (χ0v) is 8.54. The summed E-state index contributed by atoms with van der Waals surface area (Å²) in [4.78, 5) is 2.79. The van der Waals surface area contributed by atoms with E-state index in [0.717, 1.165) is 17.9 Å². The standard InChI is InChI=1S/C12H21N/c1-2-5-10-9-13-8-4-7-12(13)11(10)6-3-1/h10-12H,1-9H2. The first-order valence-corrected chi connectivity index (χ1v) is 6.19. The second-order valence-electron chi connectivity index (χ2n) is 5.27. The molecule has 0 radical (unpaired) electrons. The van der Waals surface area contributed by atoms with E-state index in [4.69, 9.17) is 0 Å². The van der Waals surface area contributed by atoms with Gasteiger partial charge < -0.3 is 0 Å². The fourth-order valence-corrected chi connectivity index (χ4v) is 4.01. The summed E-state index contributed by atoms with van der Waals surface area (Å²) in [6.45, 7) is 2.87. The Kier molecular flexibility index (Phi) is 2.08. The van der Waals surface area contributed by atoms with Gasteiger partial charge in [-0.2, -0.15) is 0 Å². The number of hydrogen-bond donors (Lipinski definition) is 0. The van der Waals surface area contributed by atoms with Gasteiger partial charge in [-0.15, -0.1) is 0 Å². The van der Waals surface area contributed by atoms with E-state index in [1.165, 1.54) is 51.6 Å². The molecule has 0 aromatic heterocycles. The Hall–Kier alpha value is -0.0400. The minimum atomic E-state index is 1.02. The first-order chi connectivity index (χ1) is 6.45. The molecule has 0 amide bonds. The van der Waals surface area contributed by atoms with Crippen molar-refractivity contribution in [1.29, 1.82) is 0 Å². The van der Waals surface area contributed by atoms with Gasteiger partial charge in [-0.3, -0.25) is 4.90 Å². The fourth-order valence-electron chi connectivity index (χ4n) is 4.01. The molecule has 0 spiro atoms. The SMILES string of the molecule is C1CCC2CN3CCCC3C2CC1. The van der Waals surface area contributed by atoms with Gasteiger partial charge in [0, 0.05) is 12.6 Å². The lowest BCUT2D eigenvalue weighted by molar-refractivity contribution is 0.280. The summed E-state index contributed by atoms with van der Waals surface area (Å²) >= 11 is 0. The first-order valence-electron chi connectivity index (χ1n) is 6.19. The third-order valence-corrected chi connectivity index (χ3v) is 4.60. The molecule has 2 aliphatic heterocycles. The molecule has 3 unspecified atom stereocenters. The van der Waals surface area contributed by atoms with Crippen LogP contribution in [0.4, 0.5) is 0 Å². The lowest BCUT2D eigenvalue weighted by Crippen LogP contribution is -2.25. The van der Waals surface area contributed by atoms with Crippen LogP contribution in [-0.4, -0.2) is 24.0 Å². The summed E-state index contributed by atoms with van der Waals surface area (Å²) in [5.41, 5.74) is 0. The zero-order chi connectivity index (χ0) is 8.67. The molecular weight excluding hydrogens is 158 g/mol. The van der Waals surface area contributed by atoms with Crippen LogP contribution in [0.2, 0.25) is 0 Å². The summed E-state index contributed by atoms with van der Waals surface area (Å²) in [5.74, 6) is 2.19. The molecule has 2 heterocycles. The van der Waals surface area contributed by atoms with E-state index in [-0.39, 0.29) is 0 Å². The average Bonchev–Trinajstić information content (AvgIpc) is 2.61. The molecule has 1 saturated carbocycles. The Morgan fingerprint density at radius 2 is 1.77 bits per heavy atom. The Morgan fingerprint density at radius 3 is 2.77 bits per heavy atom. The van der Waals surface area contributed by atoms with Crippen LogP contribution < -0.4 is 0 Å². The van der Waals surface area contributed by atoms with Gasteiger partial charge in [-0.05, 0) is 44.1 Å². The van der Waals surface area contributed by atoms with Crippen molar-refractivity contribution in [3.63, 3.8) is 0 Å². The smallest absolute Gasteiger partial charge is 0.0127 e. The molecule has 1 heteroatoms. The van der Waals surface area contributed by atoms with Crippen LogP contribution in [0.15, 0.2) is 0 Å². The molecule has 3 atom stereocenters. The van der Waals surface area contributed by atoms with Gasteiger partial charge in [0.05, 0.1) is 0 Å². The van der Waals surface area contributed by atoms with Crippen molar-refractivity contribution in [2.75, 3.05) is 13.1 Å². The number of nitrogens with zero attached hydrogens (tertiary/aromatic N) is 1. The van der Waals surface area contributed by atoms with Crippen molar-refractivity contribution in [2.24, 2.45) is 11.8 Å². The number of fused-ring (bicyclic) bond motifs is 3. The van der Waals surface area contributed by atoms with E-state index < -0.39 is 0 Å². The van der Waals surface area contributed by atoms with Crippen molar-refractivity contribution in [3.8, 4) is 0 Å². The highest BCUT2D eigenvalue weighted by molar-refractivity contribution is 4.96. The van der Waals surface area contributed by atoms with Crippen LogP contribution in [0.25, 0.3) is 0 Å². The van der Waals surface area contributed by atoms with Gasteiger partial charge in [0.1, 0.15) is 0 Å². The Morgan fingerprint density at radius 1 is 0.846 bits per heavy atom. The molecule has 1 aliphatic carbocycles. The van der Waals surface area contributed by atoms with E-state index in [1.54, 1.807) is 6.42 Å². The quantitative estimate of drug-likeness (QED) is 0.552. The second-order valence-corrected chi connectivity index (χ2v) is 5.27. The molecule has 2 saturated heterocycles. The van der Waals surface area contributed by atoms with Crippen LogP contribution in [0.1, 0.15) is 44.9 Å². The Labute approximate surface area is 81.5 Å². The van der Waals surface area contributed by atoms with Crippen molar-refractivity contribution >= 4 is 0 Å². The van der Waals surface area contributed by atoms with Crippen LogP contribution in [0.3, 0.4) is 0 Å². The zero-order valence-electron chi connectivity index (χ0n) is 8.54. The van der Waals surface area contributed by atoms with Crippen molar-refractivity contribution < 1.29 is 0 Å². The normalized spacial score (nSPS) is 45.7. The maximum Gasteiger partial charge on any atom is 0.0127 e. The molecule has 1 nitrogen and oxygen atoms in total. The molecule has 0 bridgehead atoms. The molecular formula is C12H21N. The predicted octanol–water partition coefficient (Wildman–Crippen LogP) is 2.66. The maximum atomic E-state index is 2.79. The van der Waals surface area contributed by atoms with E-state index >= 15 is 0 Å². The largest absolute Gasteiger partial charge is 0.300 e. The predicted molar refractivity (Wildman–Crippen MR) is 54.7 cm³/mol. The number of hydrogen-bond acceptors (Lipinski definition) is 1. The minimum absolute atomic E-state index is 1.02. The molecule has 3 fully saturated rings. The summed E-state index contributed by atoms with van der Waals surface area (Å²) in [6.07, 6.45) is 10.6. The van der Waals surface area contributed by atoms with Crippen LogP contribution >= 0.6 is 0 Å². The Balaban J connectivity index is 1.77. The van der Waals surface area contributed by atoms with E-state index in [1.807, 2.05) is 0 Å². The van der Waals surface area contributed by atoms with Gasteiger partial charge >= 0.3 is 0 Å². The summed E-state index contributed by atoms with van der Waals surface area (Å²) in [7, 11) is 0. The summed E-state index contributed by atoms with van der Waals surface area (Å²) in [6, 6.07) is 1.02. The van der Waals surface area contributed by atoms with Crippen LogP contribution in [-0.2, 0) is 0 Å². The minimum Gasteiger partial charge on any atom is -0.300 e. The molecule has 3 rings (SSSR count). The monoisotopic (exact) mass is 179 g/mol. The van der Waals surface area contributed by atoms with Gasteiger partial charge in [0.15, 0.2) is 0 Å². The highest BCUT2D eigenvalue weighted by Crippen LogP contribution is 2.43. The van der Waals surface area contributed by atoms with E-state index in [9.17, 15) is 0 Å². The van der Waals surface area contributed by atoms with Crippen LogP contribution in [0.5, 0.6) is 0 Å². The summed E-state index contributed by atoms with van der Waals surface area (Å²) < 4.78 is 0. The van der Waals surface area contributed by atoms with Gasteiger partial charge in [-0.1, -0.05) is 19.3 Å². The molecule has 0 N–H and O–H groups in total. The third-order valence-electron chi connectivity index (χ3n) is 4.60. The summed E-state index contributed by atoms with van der Waals surface area (Å²) in [5, 5.41) is 0. The molecule has 0 aromatic rings. The molecule has 74 valence electrons. The third kappa shape index (κ3) is 1.32. The molecule has 13 heavy (non-hydrogen) atoms.